The van der Waals surface area contributed by atoms with E-state index in [1.807, 2.05) is 13.8 Å². The Morgan fingerprint density at radius 1 is 1.29 bits per heavy atom. The van der Waals surface area contributed by atoms with Crippen molar-refractivity contribution < 1.29 is 24.5 Å². The zero-order chi connectivity index (χ0) is 13.6. The molecule has 0 heterocycles. The van der Waals surface area contributed by atoms with Crippen molar-refractivity contribution in [1.29, 1.82) is 0 Å². The van der Waals surface area contributed by atoms with Crippen molar-refractivity contribution in [3.05, 3.63) is 0 Å². The Morgan fingerprint density at radius 2 is 1.82 bits per heavy atom. The lowest BCUT2D eigenvalue weighted by Crippen LogP contribution is -2.44. The second kappa shape index (κ2) is 6.44. The zero-order valence-electron chi connectivity index (χ0n) is 10.9. The van der Waals surface area contributed by atoms with Gasteiger partial charge in [0, 0.05) is 0 Å². The molecule has 0 aliphatic rings. The van der Waals surface area contributed by atoms with Crippen LogP contribution in [0.3, 0.4) is 0 Å². The third-order valence-electron chi connectivity index (χ3n) is 1.77. The molecule has 17 heavy (non-hydrogen) atoms. The maximum atomic E-state index is 11.4. The Morgan fingerprint density at radius 3 is 2.18 bits per heavy atom. The molecule has 0 aliphatic carbocycles. The Bertz CT molecular complexity index is 270. The molecule has 2 N–H and O–H groups in total. The number of carbonyl (C=O) groups excluding carboxylic acids is 2. The van der Waals surface area contributed by atoms with E-state index in [1.54, 1.807) is 20.8 Å². The van der Waals surface area contributed by atoms with Crippen LogP contribution in [0.5, 0.6) is 0 Å². The van der Waals surface area contributed by atoms with Gasteiger partial charge in [0.1, 0.15) is 11.6 Å². The molecule has 0 spiro atoms. The molecule has 0 saturated heterocycles. The predicted molar refractivity (Wildman–Crippen MR) is 61.3 cm³/mol. The Labute approximate surface area is 101 Å². The van der Waals surface area contributed by atoms with Crippen LogP contribution in [0.15, 0.2) is 0 Å². The van der Waals surface area contributed by atoms with Gasteiger partial charge in [0.2, 0.25) is 0 Å². The molecule has 1 atom stereocenters. The molecule has 0 unspecified atom stereocenters. The monoisotopic (exact) mass is 247 g/mol. The summed E-state index contributed by atoms with van der Waals surface area (Å²) in [5.41, 5.74) is -0.643. The molecule has 0 rings (SSSR count). The lowest BCUT2D eigenvalue weighted by Gasteiger charge is -2.22. The quantitative estimate of drug-likeness (QED) is 0.585. The molecule has 0 saturated carbocycles. The second-order valence-electron chi connectivity index (χ2n) is 5.24. The number of carbonyl (C=O) groups is 2. The third-order valence-corrected chi connectivity index (χ3v) is 1.77. The molecule has 1 amide bonds. The van der Waals surface area contributed by atoms with Crippen molar-refractivity contribution in [2.45, 2.75) is 52.7 Å². The molecule has 6 heteroatoms. The van der Waals surface area contributed by atoms with Crippen molar-refractivity contribution in [2.24, 2.45) is 5.92 Å². The minimum atomic E-state index is -0.908. The van der Waals surface area contributed by atoms with Crippen LogP contribution >= 0.6 is 0 Å². The van der Waals surface area contributed by atoms with E-state index in [2.05, 4.69) is 10.2 Å². The van der Waals surface area contributed by atoms with Gasteiger partial charge in [0.25, 0.3) is 0 Å². The molecule has 0 aliphatic heterocycles. The van der Waals surface area contributed by atoms with E-state index in [0.29, 0.717) is 6.42 Å². The van der Waals surface area contributed by atoms with Gasteiger partial charge >= 0.3 is 12.1 Å². The summed E-state index contributed by atoms with van der Waals surface area (Å²) in [5.74, 6) is -0.737. The summed E-state index contributed by atoms with van der Waals surface area (Å²) < 4.78 is 5.00. The summed E-state index contributed by atoms with van der Waals surface area (Å²) in [4.78, 5) is 26.3. The fraction of sp³-hybridized carbons (Fsp3) is 0.818. The SMILES string of the molecule is CC(C)C[C@H](NC(=O)OC(C)(C)C)C(=O)OO. The Kier molecular flexibility index (Phi) is 5.95. The van der Waals surface area contributed by atoms with Crippen molar-refractivity contribution in [2.75, 3.05) is 0 Å². The normalized spacial score (nSPS) is 13.1. The number of rotatable bonds is 4. The average Bonchev–Trinajstić information content (AvgIpc) is 2.11. The lowest BCUT2D eigenvalue weighted by atomic mass is 10.0. The third kappa shape index (κ3) is 7.57. The highest BCUT2D eigenvalue weighted by Crippen LogP contribution is 2.10. The van der Waals surface area contributed by atoms with Crippen molar-refractivity contribution in [3.63, 3.8) is 0 Å². The van der Waals surface area contributed by atoms with Gasteiger partial charge in [0.05, 0.1) is 0 Å². The van der Waals surface area contributed by atoms with Gasteiger partial charge in [0.15, 0.2) is 0 Å². The minimum absolute atomic E-state index is 0.161. The maximum absolute atomic E-state index is 11.4. The van der Waals surface area contributed by atoms with Crippen LogP contribution in [0.4, 0.5) is 4.79 Å². The molecule has 0 aromatic heterocycles. The number of alkyl carbamates (subject to hydrolysis) is 1. The van der Waals surface area contributed by atoms with Gasteiger partial charge in [-0.15, -0.1) is 0 Å². The van der Waals surface area contributed by atoms with Gasteiger partial charge in [-0.3, -0.25) is 4.89 Å². The van der Waals surface area contributed by atoms with E-state index in [4.69, 9.17) is 9.99 Å². The van der Waals surface area contributed by atoms with E-state index >= 15 is 0 Å². The van der Waals surface area contributed by atoms with Gasteiger partial charge in [-0.05, 0) is 33.1 Å². The average molecular weight is 247 g/mol. The Balaban J connectivity index is 4.43. The first-order valence-corrected chi connectivity index (χ1v) is 5.50. The number of hydrogen-bond acceptors (Lipinski definition) is 5. The summed E-state index contributed by atoms with van der Waals surface area (Å²) in [7, 11) is 0. The number of nitrogens with one attached hydrogen (secondary N) is 1. The summed E-state index contributed by atoms with van der Waals surface area (Å²) in [6.45, 7) is 8.92. The highest BCUT2D eigenvalue weighted by molar-refractivity contribution is 5.81. The molecule has 100 valence electrons. The molecular weight excluding hydrogens is 226 g/mol. The number of hydrogen-bond donors (Lipinski definition) is 2. The summed E-state index contributed by atoms with van der Waals surface area (Å²) >= 11 is 0. The highest BCUT2D eigenvalue weighted by atomic mass is 17.1. The fourth-order valence-electron chi connectivity index (χ4n) is 1.20. The van der Waals surface area contributed by atoms with E-state index in [0.717, 1.165) is 0 Å². The summed E-state index contributed by atoms with van der Waals surface area (Å²) in [5, 5.41) is 10.7. The molecule has 0 fully saturated rings. The first kappa shape index (κ1) is 15.7. The fourth-order valence-corrected chi connectivity index (χ4v) is 1.20. The lowest BCUT2D eigenvalue weighted by molar-refractivity contribution is -0.236. The standard InChI is InChI=1S/C11H21NO5/c1-7(2)6-8(9(13)17-15)12-10(14)16-11(3,4)5/h7-8,15H,6H2,1-5H3,(H,12,14)/t8-/m0/s1. The van der Waals surface area contributed by atoms with Gasteiger partial charge in [-0.1, -0.05) is 13.8 Å². The van der Waals surface area contributed by atoms with Crippen LogP contribution in [0.25, 0.3) is 0 Å². The topological polar surface area (TPSA) is 84.9 Å². The van der Waals surface area contributed by atoms with Gasteiger partial charge < -0.3 is 10.1 Å². The first-order valence-electron chi connectivity index (χ1n) is 5.50. The van der Waals surface area contributed by atoms with Gasteiger partial charge in [-0.25, -0.2) is 9.59 Å². The van der Waals surface area contributed by atoms with Crippen LogP contribution in [-0.4, -0.2) is 29.0 Å². The Hall–Kier alpha value is -1.30. The second-order valence-corrected chi connectivity index (χ2v) is 5.24. The van der Waals surface area contributed by atoms with Crippen LogP contribution in [0.2, 0.25) is 0 Å². The molecule has 6 nitrogen and oxygen atoms in total. The largest absolute Gasteiger partial charge is 0.444 e. The van der Waals surface area contributed by atoms with E-state index in [1.165, 1.54) is 0 Å². The number of ether oxygens (including phenoxy) is 1. The van der Waals surface area contributed by atoms with Crippen LogP contribution < -0.4 is 5.32 Å². The van der Waals surface area contributed by atoms with Crippen molar-refractivity contribution >= 4 is 12.1 Å². The van der Waals surface area contributed by atoms with E-state index < -0.39 is 23.7 Å². The van der Waals surface area contributed by atoms with Crippen molar-refractivity contribution in [1.82, 2.24) is 5.32 Å². The van der Waals surface area contributed by atoms with Crippen LogP contribution in [-0.2, 0) is 14.4 Å². The minimum Gasteiger partial charge on any atom is -0.444 e. The number of amides is 1. The molecular formula is C11H21NO5. The molecule has 0 bridgehead atoms. The predicted octanol–water partition coefficient (Wildman–Crippen LogP) is 1.94. The summed E-state index contributed by atoms with van der Waals surface area (Å²) in [6, 6.07) is -0.908. The van der Waals surface area contributed by atoms with Crippen molar-refractivity contribution in [3.8, 4) is 0 Å². The molecule has 0 aromatic rings. The van der Waals surface area contributed by atoms with Crippen LogP contribution in [0, 0.1) is 5.92 Å². The van der Waals surface area contributed by atoms with Crippen LogP contribution in [0.1, 0.15) is 41.0 Å². The maximum Gasteiger partial charge on any atom is 0.408 e. The highest BCUT2D eigenvalue weighted by Gasteiger charge is 2.26. The van der Waals surface area contributed by atoms with E-state index in [-0.39, 0.29) is 5.92 Å². The van der Waals surface area contributed by atoms with Gasteiger partial charge in [-0.2, -0.15) is 5.26 Å². The van der Waals surface area contributed by atoms with E-state index in [9.17, 15) is 9.59 Å². The summed E-state index contributed by atoms with van der Waals surface area (Å²) in [6.07, 6.45) is -0.355. The first-order chi connectivity index (χ1) is 7.65. The zero-order valence-corrected chi connectivity index (χ0v) is 10.9. The molecule has 0 aromatic carbocycles. The molecule has 0 radical (unpaired) electrons. The smallest absolute Gasteiger partial charge is 0.408 e.